The maximum atomic E-state index is 11.7. The van der Waals surface area contributed by atoms with Gasteiger partial charge in [0.2, 0.25) is 0 Å². The molecule has 0 saturated carbocycles. The van der Waals surface area contributed by atoms with Crippen molar-refractivity contribution in [2.75, 3.05) is 13.2 Å². The third-order valence-corrected chi connectivity index (χ3v) is 2.14. The summed E-state index contributed by atoms with van der Waals surface area (Å²) in [7, 11) is 0. The van der Waals surface area contributed by atoms with Crippen LogP contribution in [-0.4, -0.2) is 25.4 Å². The van der Waals surface area contributed by atoms with E-state index in [1.807, 2.05) is 6.92 Å². The molecular weight excluding hydrogens is 207 g/mol. The minimum absolute atomic E-state index is 0.0450. The summed E-state index contributed by atoms with van der Waals surface area (Å²) in [5.41, 5.74) is 5.67. The van der Waals surface area contributed by atoms with Gasteiger partial charge in [-0.05, 0) is 25.7 Å². The van der Waals surface area contributed by atoms with Crippen molar-refractivity contribution in [3.63, 3.8) is 0 Å². The Morgan fingerprint density at radius 3 is 2.33 bits per heavy atom. The molecule has 0 heterocycles. The molecule has 0 aromatic carbocycles. The second-order valence-corrected chi connectivity index (χ2v) is 3.64. The van der Waals surface area contributed by atoms with E-state index < -0.39 is 12.6 Å². The first kappa shape index (κ1) is 14.7. The summed E-state index contributed by atoms with van der Waals surface area (Å²) in [6, 6.07) is 0.184. The van der Waals surface area contributed by atoms with Gasteiger partial charge in [-0.3, -0.25) is 0 Å². The summed E-state index contributed by atoms with van der Waals surface area (Å²) >= 11 is 0. The molecule has 0 saturated heterocycles. The molecule has 0 fully saturated rings. The van der Waals surface area contributed by atoms with Crippen molar-refractivity contribution in [1.82, 2.24) is 0 Å². The molecule has 0 aliphatic rings. The maximum absolute atomic E-state index is 11.7. The summed E-state index contributed by atoms with van der Waals surface area (Å²) in [5, 5.41) is 0. The molecule has 0 amide bonds. The Balaban J connectivity index is 3.12. The zero-order valence-electron chi connectivity index (χ0n) is 9.15. The largest absolute Gasteiger partial charge is 0.389 e. The lowest BCUT2D eigenvalue weighted by atomic mass is 10.1. The van der Waals surface area contributed by atoms with Crippen LogP contribution in [0.3, 0.4) is 0 Å². The Kier molecular flexibility index (Phi) is 7.78. The predicted octanol–water partition coefficient (Wildman–Crippen LogP) is 2.86. The van der Waals surface area contributed by atoms with E-state index >= 15 is 0 Å². The van der Waals surface area contributed by atoms with Gasteiger partial charge in [0.25, 0.3) is 0 Å². The van der Waals surface area contributed by atoms with Crippen molar-refractivity contribution in [2.24, 2.45) is 5.73 Å². The number of halogens is 3. The van der Waals surface area contributed by atoms with Gasteiger partial charge in [-0.1, -0.05) is 6.92 Å². The van der Waals surface area contributed by atoms with Crippen molar-refractivity contribution in [3.8, 4) is 0 Å². The Morgan fingerprint density at radius 1 is 1.20 bits per heavy atom. The molecular formula is C10H20F3NO. The van der Waals surface area contributed by atoms with Crippen LogP contribution in [0.5, 0.6) is 0 Å². The average molecular weight is 227 g/mol. The van der Waals surface area contributed by atoms with Crippen molar-refractivity contribution in [2.45, 2.75) is 51.2 Å². The SMILES string of the molecule is CCC(N)CCCOCCCC(F)(F)F. The molecule has 2 nitrogen and oxygen atoms in total. The molecule has 2 N–H and O–H groups in total. The number of alkyl halides is 3. The van der Waals surface area contributed by atoms with Crippen LogP contribution in [0.2, 0.25) is 0 Å². The molecule has 0 aliphatic carbocycles. The molecule has 0 aliphatic heterocycles. The molecule has 0 bridgehead atoms. The minimum atomic E-state index is -4.06. The van der Waals surface area contributed by atoms with E-state index in [-0.39, 0.29) is 19.1 Å². The first-order valence-corrected chi connectivity index (χ1v) is 5.35. The number of nitrogens with two attached hydrogens (primary N) is 1. The smallest absolute Gasteiger partial charge is 0.381 e. The van der Waals surface area contributed by atoms with Gasteiger partial charge in [-0.2, -0.15) is 13.2 Å². The average Bonchev–Trinajstić information content (AvgIpc) is 2.14. The molecule has 0 aromatic rings. The Hall–Kier alpha value is -0.290. The monoisotopic (exact) mass is 227 g/mol. The molecule has 1 atom stereocenters. The van der Waals surface area contributed by atoms with Gasteiger partial charge in [0, 0.05) is 25.7 Å². The zero-order chi connectivity index (χ0) is 11.7. The third-order valence-electron chi connectivity index (χ3n) is 2.14. The van der Waals surface area contributed by atoms with Crippen LogP contribution in [-0.2, 0) is 4.74 Å². The van der Waals surface area contributed by atoms with Crippen LogP contribution in [0, 0.1) is 0 Å². The lowest BCUT2D eigenvalue weighted by molar-refractivity contribution is -0.137. The normalized spacial score (nSPS) is 14.2. The van der Waals surface area contributed by atoms with Crippen molar-refractivity contribution in [1.29, 1.82) is 0 Å². The predicted molar refractivity (Wildman–Crippen MR) is 53.6 cm³/mol. The fourth-order valence-electron chi connectivity index (χ4n) is 1.13. The van der Waals surface area contributed by atoms with Crippen LogP contribution in [0.15, 0.2) is 0 Å². The van der Waals surface area contributed by atoms with Crippen LogP contribution in [0.1, 0.15) is 39.0 Å². The summed E-state index contributed by atoms with van der Waals surface area (Å²) in [6.45, 7) is 2.70. The van der Waals surface area contributed by atoms with E-state index in [1.54, 1.807) is 0 Å². The number of ether oxygens (including phenoxy) is 1. The fraction of sp³-hybridized carbons (Fsp3) is 1.00. The molecule has 0 rings (SSSR count). The maximum Gasteiger partial charge on any atom is 0.389 e. The standard InChI is InChI=1S/C10H20F3NO/c1-2-9(14)5-3-7-15-8-4-6-10(11,12)13/h9H,2-8,14H2,1H3. The highest BCUT2D eigenvalue weighted by Crippen LogP contribution is 2.20. The molecule has 5 heteroatoms. The highest BCUT2D eigenvalue weighted by molar-refractivity contribution is 4.57. The number of hydrogen-bond donors (Lipinski definition) is 1. The van der Waals surface area contributed by atoms with Gasteiger partial charge in [-0.25, -0.2) is 0 Å². The van der Waals surface area contributed by atoms with Crippen molar-refractivity contribution in [3.05, 3.63) is 0 Å². The van der Waals surface area contributed by atoms with E-state index in [1.165, 1.54) is 0 Å². The van der Waals surface area contributed by atoms with E-state index in [0.29, 0.717) is 6.61 Å². The lowest BCUT2D eigenvalue weighted by Gasteiger charge is -2.09. The molecule has 0 spiro atoms. The van der Waals surface area contributed by atoms with Crippen LogP contribution >= 0.6 is 0 Å². The van der Waals surface area contributed by atoms with Crippen LogP contribution in [0.4, 0.5) is 13.2 Å². The summed E-state index contributed by atoms with van der Waals surface area (Å²) in [6.07, 6.45) is -2.16. The first-order valence-electron chi connectivity index (χ1n) is 5.35. The second-order valence-electron chi connectivity index (χ2n) is 3.64. The number of rotatable bonds is 8. The summed E-state index contributed by atoms with van der Waals surface area (Å²) in [5.74, 6) is 0. The van der Waals surface area contributed by atoms with Gasteiger partial charge in [-0.15, -0.1) is 0 Å². The number of hydrogen-bond acceptors (Lipinski definition) is 2. The molecule has 0 radical (unpaired) electrons. The topological polar surface area (TPSA) is 35.2 Å². The van der Waals surface area contributed by atoms with Gasteiger partial charge in [0.15, 0.2) is 0 Å². The van der Waals surface area contributed by atoms with Crippen molar-refractivity contribution < 1.29 is 17.9 Å². The van der Waals surface area contributed by atoms with Gasteiger partial charge >= 0.3 is 6.18 Å². The van der Waals surface area contributed by atoms with Gasteiger partial charge < -0.3 is 10.5 Å². The molecule has 0 aromatic heterocycles. The summed E-state index contributed by atoms with van der Waals surface area (Å²) in [4.78, 5) is 0. The second kappa shape index (κ2) is 7.93. The Bertz CT molecular complexity index is 150. The first-order chi connectivity index (χ1) is 6.95. The fourth-order valence-corrected chi connectivity index (χ4v) is 1.13. The molecule has 1 unspecified atom stereocenters. The minimum Gasteiger partial charge on any atom is -0.381 e. The molecule has 92 valence electrons. The third kappa shape index (κ3) is 11.6. The quantitative estimate of drug-likeness (QED) is 0.647. The summed E-state index contributed by atoms with van der Waals surface area (Å²) < 4.78 is 40.2. The Morgan fingerprint density at radius 2 is 1.80 bits per heavy atom. The van der Waals surface area contributed by atoms with Crippen LogP contribution in [0.25, 0.3) is 0 Å². The highest BCUT2D eigenvalue weighted by atomic mass is 19.4. The van der Waals surface area contributed by atoms with E-state index in [9.17, 15) is 13.2 Å². The van der Waals surface area contributed by atoms with Crippen molar-refractivity contribution >= 4 is 0 Å². The van der Waals surface area contributed by atoms with Gasteiger partial charge in [0.1, 0.15) is 0 Å². The van der Waals surface area contributed by atoms with Crippen LogP contribution < -0.4 is 5.73 Å². The van der Waals surface area contributed by atoms with E-state index in [2.05, 4.69) is 0 Å². The van der Waals surface area contributed by atoms with E-state index in [4.69, 9.17) is 10.5 Å². The lowest BCUT2D eigenvalue weighted by Crippen LogP contribution is -2.18. The highest BCUT2D eigenvalue weighted by Gasteiger charge is 2.25. The molecule has 15 heavy (non-hydrogen) atoms. The Labute approximate surface area is 89.0 Å². The van der Waals surface area contributed by atoms with Gasteiger partial charge in [0.05, 0.1) is 0 Å². The zero-order valence-corrected chi connectivity index (χ0v) is 9.15. The van der Waals surface area contributed by atoms with E-state index in [0.717, 1.165) is 19.3 Å².